The number of hydrogen-bond donors (Lipinski definition) is 1. The van der Waals surface area contributed by atoms with E-state index in [0.29, 0.717) is 18.8 Å². The number of likely N-dealkylation sites (tertiary alicyclic amines) is 1. The van der Waals surface area contributed by atoms with Crippen molar-refractivity contribution in [2.75, 3.05) is 24.9 Å². The molecule has 28 heavy (non-hydrogen) atoms. The zero-order chi connectivity index (χ0) is 20.3. The van der Waals surface area contributed by atoms with E-state index < -0.39 is 15.8 Å². The van der Waals surface area contributed by atoms with E-state index >= 15 is 0 Å². The van der Waals surface area contributed by atoms with Crippen molar-refractivity contribution in [3.63, 3.8) is 0 Å². The number of carbonyl (C=O) groups is 1. The van der Waals surface area contributed by atoms with E-state index in [9.17, 15) is 17.6 Å². The molecule has 0 aliphatic carbocycles. The van der Waals surface area contributed by atoms with Gasteiger partial charge in [0.25, 0.3) is 15.9 Å². The maximum Gasteiger partial charge on any atom is 0.261 e. The number of sulfonamides is 1. The second kappa shape index (κ2) is 8.36. The topological polar surface area (TPSA) is 75.7 Å². The van der Waals surface area contributed by atoms with Crippen molar-refractivity contribution in [2.45, 2.75) is 24.2 Å². The number of ether oxygens (including phenoxy) is 1. The zero-order valence-electron chi connectivity index (χ0n) is 15.2. The van der Waals surface area contributed by atoms with Crippen LogP contribution in [0, 0.1) is 5.82 Å². The molecule has 1 amide bonds. The van der Waals surface area contributed by atoms with Gasteiger partial charge in [0.2, 0.25) is 0 Å². The van der Waals surface area contributed by atoms with E-state index in [0.717, 1.165) is 25.3 Å². The van der Waals surface area contributed by atoms with E-state index in [1.807, 2.05) is 0 Å². The van der Waals surface area contributed by atoms with Crippen molar-refractivity contribution in [3.05, 3.63) is 52.8 Å². The van der Waals surface area contributed by atoms with E-state index in [1.165, 1.54) is 37.4 Å². The maximum absolute atomic E-state index is 13.3. The van der Waals surface area contributed by atoms with Gasteiger partial charge in [-0.1, -0.05) is 11.6 Å². The Morgan fingerprint density at radius 1 is 1.14 bits per heavy atom. The van der Waals surface area contributed by atoms with E-state index in [-0.39, 0.29) is 27.1 Å². The summed E-state index contributed by atoms with van der Waals surface area (Å²) in [5, 5.41) is -0.198. The summed E-state index contributed by atoms with van der Waals surface area (Å²) in [5.41, 5.74) is 0.301. The number of rotatable bonds is 5. The zero-order valence-corrected chi connectivity index (χ0v) is 16.8. The fraction of sp³-hybridized carbons (Fsp3) is 0.316. The summed E-state index contributed by atoms with van der Waals surface area (Å²) in [6.45, 7) is 1.26. The number of nitrogens with one attached hydrogen (secondary N) is 1. The Morgan fingerprint density at radius 2 is 1.86 bits per heavy atom. The monoisotopic (exact) mass is 426 g/mol. The number of methoxy groups -OCH3 is 1. The van der Waals surface area contributed by atoms with Crippen LogP contribution < -0.4 is 9.46 Å². The molecule has 6 nitrogen and oxygen atoms in total. The lowest BCUT2D eigenvalue weighted by molar-refractivity contribution is 0.0720. The van der Waals surface area contributed by atoms with Crippen LogP contribution in [0.15, 0.2) is 41.3 Å². The van der Waals surface area contributed by atoms with Gasteiger partial charge in [-0.25, -0.2) is 12.8 Å². The van der Waals surface area contributed by atoms with Gasteiger partial charge in [0.05, 0.1) is 28.3 Å². The second-order valence-electron chi connectivity index (χ2n) is 6.45. The summed E-state index contributed by atoms with van der Waals surface area (Å²) >= 11 is 5.70. The highest BCUT2D eigenvalue weighted by atomic mass is 35.5. The van der Waals surface area contributed by atoms with Gasteiger partial charge in [0, 0.05) is 13.1 Å². The number of benzene rings is 2. The van der Waals surface area contributed by atoms with Crippen LogP contribution in [0.25, 0.3) is 0 Å². The van der Waals surface area contributed by atoms with Crippen molar-refractivity contribution >= 4 is 33.2 Å². The van der Waals surface area contributed by atoms with E-state index in [2.05, 4.69) is 4.72 Å². The van der Waals surface area contributed by atoms with Crippen LogP contribution in [-0.4, -0.2) is 39.4 Å². The molecule has 0 saturated carbocycles. The maximum atomic E-state index is 13.3. The molecule has 1 N–H and O–H groups in total. The number of piperidine rings is 1. The number of amides is 1. The predicted octanol–water partition coefficient (Wildman–Crippen LogP) is 3.91. The van der Waals surface area contributed by atoms with Crippen molar-refractivity contribution in [2.24, 2.45) is 0 Å². The number of carbonyl (C=O) groups excluding carboxylic acids is 1. The summed E-state index contributed by atoms with van der Waals surface area (Å²) in [7, 11) is -2.59. The third-order valence-electron chi connectivity index (χ3n) is 4.53. The van der Waals surface area contributed by atoms with Crippen LogP contribution >= 0.6 is 11.6 Å². The average Bonchev–Trinajstić information content (AvgIpc) is 2.70. The SMILES string of the molecule is COc1ccc(S(=O)(=O)Nc2ccc(F)c(Cl)c2)cc1C(=O)N1CCCCC1. The van der Waals surface area contributed by atoms with Crippen LogP contribution in [0.4, 0.5) is 10.1 Å². The van der Waals surface area contributed by atoms with Crippen LogP contribution in [0.3, 0.4) is 0 Å². The Hall–Kier alpha value is -2.32. The van der Waals surface area contributed by atoms with Crippen LogP contribution in [0.2, 0.25) is 5.02 Å². The highest BCUT2D eigenvalue weighted by Gasteiger charge is 2.24. The molecular formula is C19H20ClFN2O4S. The number of nitrogens with zero attached hydrogens (tertiary/aromatic N) is 1. The molecule has 150 valence electrons. The molecule has 2 aromatic rings. The molecular weight excluding hydrogens is 407 g/mol. The van der Waals surface area contributed by atoms with Gasteiger partial charge in [0.1, 0.15) is 11.6 Å². The minimum Gasteiger partial charge on any atom is -0.496 e. The minimum atomic E-state index is -4.01. The van der Waals surface area contributed by atoms with Gasteiger partial charge >= 0.3 is 0 Å². The molecule has 0 bridgehead atoms. The molecule has 0 radical (unpaired) electrons. The van der Waals surface area contributed by atoms with Gasteiger partial charge < -0.3 is 9.64 Å². The molecule has 0 atom stereocenters. The number of hydrogen-bond acceptors (Lipinski definition) is 4. The van der Waals surface area contributed by atoms with Gasteiger partial charge in [-0.05, 0) is 55.7 Å². The first kappa shape index (κ1) is 20.4. The molecule has 3 rings (SSSR count). The van der Waals surface area contributed by atoms with Crippen molar-refractivity contribution in [1.82, 2.24) is 4.90 Å². The highest BCUT2D eigenvalue weighted by Crippen LogP contribution is 2.27. The molecule has 1 aliphatic heterocycles. The van der Waals surface area contributed by atoms with Gasteiger partial charge in [-0.15, -0.1) is 0 Å². The first-order valence-electron chi connectivity index (χ1n) is 8.77. The largest absolute Gasteiger partial charge is 0.496 e. The lowest BCUT2D eigenvalue weighted by atomic mass is 10.1. The standard InChI is InChI=1S/C19H20ClFN2O4S/c1-27-18-8-6-14(12-15(18)19(24)23-9-3-2-4-10-23)28(25,26)22-13-5-7-17(21)16(20)11-13/h5-8,11-12,22H,2-4,9-10H2,1H3. The van der Waals surface area contributed by atoms with E-state index in [4.69, 9.17) is 16.3 Å². The Labute approximate surface area is 168 Å². The molecule has 2 aromatic carbocycles. The summed E-state index contributed by atoms with van der Waals surface area (Å²) in [6.07, 6.45) is 2.90. The highest BCUT2D eigenvalue weighted by molar-refractivity contribution is 7.92. The molecule has 0 unspecified atom stereocenters. The van der Waals surface area contributed by atoms with E-state index in [1.54, 1.807) is 4.90 Å². The number of halogens is 2. The van der Waals surface area contributed by atoms with Gasteiger partial charge in [-0.3, -0.25) is 9.52 Å². The Bertz CT molecular complexity index is 991. The molecule has 1 aliphatic rings. The van der Waals surface area contributed by atoms with Crippen LogP contribution in [0.1, 0.15) is 29.6 Å². The fourth-order valence-electron chi connectivity index (χ4n) is 3.06. The average molecular weight is 427 g/mol. The molecule has 1 heterocycles. The third-order valence-corrected chi connectivity index (χ3v) is 6.20. The van der Waals surface area contributed by atoms with Crippen molar-refractivity contribution in [1.29, 1.82) is 0 Å². The van der Waals surface area contributed by atoms with Crippen molar-refractivity contribution < 1.29 is 22.3 Å². The summed E-state index contributed by atoms with van der Waals surface area (Å²) in [6, 6.07) is 7.60. The van der Waals surface area contributed by atoms with Gasteiger partial charge in [-0.2, -0.15) is 0 Å². The molecule has 0 spiro atoms. The molecule has 0 aromatic heterocycles. The third kappa shape index (κ3) is 4.39. The molecule has 9 heteroatoms. The summed E-state index contributed by atoms with van der Waals surface area (Å²) < 4.78 is 46.4. The smallest absolute Gasteiger partial charge is 0.261 e. The van der Waals surface area contributed by atoms with Crippen LogP contribution in [-0.2, 0) is 10.0 Å². The lowest BCUT2D eigenvalue weighted by Gasteiger charge is -2.27. The summed E-state index contributed by atoms with van der Waals surface area (Å²) in [5.74, 6) is -0.610. The Balaban J connectivity index is 1.92. The van der Waals surface area contributed by atoms with Crippen LogP contribution in [0.5, 0.6) is 5.75 Å². The first-order chi connectivity index (χ1) is 13.3. The van der Waals surface area contributed by atoms with Crippen molar-refractivity contribution in [3.8, 4) is 5.75 Å². The Morgan fingerprint density at radius 3 is 2.50 bits per heavy atom. The second-order valence-corrected chi connectivity index (χ2v) is 8.54. The quantitative estimate of drug-likeness (QED) is 0.786. The van der Waals surface area contributed by atoms with Gasteiger partial charge in [0.15, 0.2) is 0 Å². The molecule has 1 saturated heterocycles. The first-order valence-corrected chi connectivity index (χ1v) is 10.6. The Kier molecular flexibility index (Phi) is 6.10. The fourth-order valence-corrected chi connectivity index (χ4v) is 4.32. The predicted molar refractivity (Wildman–Crippen MR) is 105 cm³/mol. The number of anilines is 1. The lowest BCUT2D eigenvalue weighted by Crippen LogP contribution is -2.35. The molecule has 1 fully saturated rings. The summed E-state index contributed by atoms with van der Waals surface area (Å²) in [4.78, 5) is 14.5. The minimum absolute atomic E-state index is 0.103. The normalized spacial score (nSPS) is 14.6.